The van der Waals surface area contributed by atoms with Gasteiger partial charge in [0.15, 0.2) is 5.82 Å². The van der Waals surface area contributed by atoms with Gasteiger partial charge in [-0.15, -0.1) is 5.10 Å². The number of aromatic nitrogens is 6. The van der Waals surface area contributed by atoms with Gasteiger partial charge >= 0.3 is 0 Å². The van der Waals surface area contributed by atoms with Crippen LogP contribution in [0.3, 0.4) is 0 Å². The van der Waals surface area contributed by atoms with Crippen LogP contribution in [-0.2, 0) is 13.1 Å². The maximum Gasteiger partial charge on any atom is 0.173 e. The smallest absolute Gasteiger partial charge is 0.173 e. The molecule has 2 aromatic heterocycles. The van der Waals surface area contributed by atoms with Gasteiger partial charge in [-0.1, -0.05) is 32.0 Å². The zero-order valence-corrected chi connectivity index (χ0v) is 17.9. The summed E-state index contributed by atoms with van der Waals surface area (Å²) in [5.41, 5.74) is 3.12. The van der Waals surface area contributed by atoms with Gasteiger partial charge in [-0.3, -0.25) is 4.90 Å². The molecule has 32 heavy (non-hydrogen) atoms. The molecule has 4 aromatic rings. The van der Waals surface area contributed by atoms with Crippen molar-refractivity contribution in [3.8, 4) is 5.69 Å². The molecule has 0 spiro atoms. The molecular weight excluding hydrogens is 412 g/mol. The topological polar surface area (TPSA) is 64.7 Å². The number of fused-ring (bicyclic) bond motifs is 1. The van der Waals surface area contributed by atoms with Crippen LogP contribution in [0.15, 0.2) is 54.7 Å². The van der Waals surface area contributed by atoms with Crippen LogP contribution in [0.5, 0.6) is 0 Å². The molecule has 7 nitrogen and oxygen atoms in total. The second-order valence-electron chi connectivity index (χ2n) is 8.27. The van der Waals surface area contributed by atoms with Crippen molar-refractivity contribution in [2.24, 2.45) is 0 Å². The normalized spacial score (nSPS) is 16.5. The van der Waals surface area contributed by atoms with Crippen molar-refractivity contribution in [3.63, 3.8) is 0 Å². The first-order valence-electron chi connectivity index (χ1n) is 10.6. The zero-order valence-electron chi connectivity index (χ0n) is 17.9. The van der Waals surface area contributed by atoms with Crippen LogP contribution in [0.4, 0.5) is 8.78 Å². The fourth-order valence-corrected chi connectivity index (χ4v) is 4.24. The highest BCUT2D eigenvalue weighted by Crippen LogP contribution is 2.36. The number of hydrogen-bond acceptors (Lipinski definition) is 5. The van der Waals surface area contributed by atoms with E-state index in [2.05, 4.69) is 34.3 Å². The molecule has 1 aliphatic heterocycles. The summed E-state index contributed by atoms with van der Waals surface area (Å²) in [6.45, 7) is 5.56. The Bertz CT molecular complexity index is 1230. The molecule has 164 valence electrons. The average molecular weight is 435 g/mol. The minimum absolute atomic E-state index is 0.147. The van der Waals surface area contributed by atoms with Crippen molar-refractivity contribution in [2.45, 2.75) is 38.9 Å². The first-order valence-corrected chi connectivity index (χ1v) is 10.6. The summed E-state index contributed by atoms with van der Waals surface area (Å²) in [6, 6.07) is 13.1. The van der Waals surface area contributed by atoms with Gasteiger partial charge in [0.1, 0.15) is 17.7 Å². The van der Waals surface area contributed by atoms with E-state index in [-0.39, 0.29) is 18.5 Å². The Hall–Kier alpha value is -3.46. The molecule has 0 bridgehead atoms. The van der Waals surface area contributed by atoms with Crippen LogP contribution in [-0.4, -0.2) is 41.4 Å². The molecule has 0 amide bonds. The van der Waals surface area contributed by atoms with Gasteiger partial charge in [-0.25, -0.2) is 18.1 Å². The third-order valence-electron chi connectivity index (χ3n) is 5.78. The summed E-state index contributed by atoms with van der Waals surface area (Å²) in [7, 11) is 0. The van der Waals surface area contributed by atoms with Gasteiger partial charge in [0.05, 0.1) is 17.9 Å². The van der Waals surface area contributed by atoms with Crippen molar-refractivity contribution in [3.05, 3.63) is 89.0 Å². The lowest BCUT2D eigenvalue weighted by Crippen LogP contribution is -2.39. The summed E-state index contributed by atoms with van der Waals surface area (Å²) in [6.07, 6.45) is 1.99. The zero-order chi connectivity index (χ0) is 22.2. The Kier molecular flexibility index (Phi) is 5.26. The molecule has 0 N–H and O–H groups in total. The average Bonchev–Trinajstić information content (AvgIpc) is 3.44. The SMILES string of the molecule is CC(C)c1nn(-c2ccccc2)cc1C1c2nnnn2CCN1Cc1cc(F)ccc1F. The predicted octanol–water partition coefficient (Wildman–Crippen LogP) is 3.87. The molecule has 0 aliphatic carbocycles. The number of hydrogen-bond donors (Lipinski definition) is 0. The standard InChI is InChI=1S/C23H23F2N7/c1-15(2)21-19(14-32(27-21)18-6-4-3-5-7-18)22-23-26-28-29-31(23)11-10-30(22)13-16-12-17(24)8-9-20(16)25/h3-9,12,14-15,22H,10-11,13H2,1-2H3. The van der Waals surface area contributed by atoms with Gasteiger partial charge < -0.3 is 0 Å². The summed E-state index contributed by atoms with van der Waals surface area (Å²) in [4.78, 5) is 2.09. The molecule has 0 saturated carbocycles. The summed E-state index contributed by atoms with van der Waals surface area (Å²) >= 11 is 0. The Morgan fingerprint density at radius 3 is 2.66 bits per heavy atom. The lowest BCUT2D eigenvalue weighted by atomic mass is 9.97. The Morgan fingerprint density at radius 2 is 1.88 bits per heavy atom. The number of benzene rings is 2. The minimum atomic E-state index is -0.459. The number of nitrogens with zero attached hydrogens (tertiary/aromatic N) is 7. The maximum atomic E-state index is 14.5. The molecule has 5 rings (SSSR count). The number of tetrazole rings is 1. The molecular formula is C23H23F2N7. The maximum absolute atomic E-state index is 14.5. The van der Waals surface area contributed by atoms with E-state index >= 15 is 0 Å². The second-order valence-corrected chi connectivity index (χ2v) is 8.27. The van der Waals surface area contributed by atoms with E-state index in [0.29, 0.717) is 24.5 Å². The van der Waals surface area contributed by atoms with E-state index in [9.17, 15) is 8.78 Å². The first kappa shape index (κ1) is 20.4. The lowest BCUT2D eigenvalue weighted by molar-refractivity contribution is 0.161. The van der Waals surface area contributed by atoms with Gasteiger partial charge in [0.2, 0.25) is 0 Å². The summed E-state index contributed by atoms with van der Waals surface area (Å²) < 4.78 is 31.9. The van der Waals surface area contributed by atoms with Crippen LogP contribution < -0.4 is 0 Å². The van der Waals surface area contributed by atoms with Crippen molar-refractivity contribution < 1.29 is 8.78 Å². The van der Waals surface area contributed by atoms with E-state index in [4.69, 9.17) is 5.10 Å². The highest BCUT2D eigenvalue weighted by atomic mass is 19.1. The number of rotatable bonds is 5. The van der Waals surface area contributed by atoms with Crippen molar-refractivity contribution in [1.29, 1.82) is 0 Å². The van der Waals surface area contributed by atoms with Crippen molar-refractivity contribution in [2.75, 3.05) is 6.54 Å². The predicted molar refractivity (Wildman–Crippen MR) is 114 cm³/mol. The van der Waals surface area contributed by atoms with Gasteiger partial charge in [0, 0.05) is 30.4 Å². The second kappa shape index (κ2) is 8.23. The third kappa shape index (κ3) is 3.69. The largest absolute Gasteiger partial charge is 0.283 e. The Morgan fingerprint density at radius 1 is 1.06 bits per heavy atom. The summed E-state index contributed by atoms with van der Waals surface area (Å²) in [5, 5.41) is 17.1. The highest BCUT2D eigenvalue weighted by Gasteiger charge is 2.35. The first-order chi connectivity index (χ1) is 15.5. The van der Waals surface area contributed by atoms with Crippen molar-refractivity contribution in [1.82, 2.24) is 34.9 Å². The van der Waals surface area contributed by atoms with Crippen LogP contribution in [0, 0.1) is 11.6 Å². The van der Waals surface area contributed by atoms with E-state index in [1.807, 2.05) is 41.2 Å². The monoisotopic (exact) mass is 435 g/mol. The summed E-state index contributed by atoms with van der Waals surface area (Å²) in [5.74, 6) is -0.0736. The molecule has 3 heterocycles. The molecule has 1 unspecified atom stereocenters. The van der Waals surface area contributed by atoms with E-state index in [1.165, 1.54) is 12.1 Å². The molecule has 0 saturated heterocycles. The van der Waals surface area contributed by atoms with Gasteiger partial charge in [-0.2, -0.15) is 5.10 Å². The molecule has 0 radical (unpaired) electrons. The van der Waals surface area contributed by atoms with E-state index in [0.717, 1.165) is 23.0 Å². The molecule has 1 atom stereocenters. The fourth-order valence-electron chi connectivity index (χ4n) is 4.24. The van der Waals surface area contributed by atoms with Crippen LogP contribution in [0.2, 0.25) is 0 Å². The highest BCUT2D eigenvalue weighted by molar-refractivity contribution is 5.37. The molecule has 1 aliphatic rings. The molecule has 0 fully saturated rings. The molecule has 9 heteroatoms. The Labute approximate surface area is 184 Å². The van der Waals surface area contributed by atoms with Crippen LogP contribution in [0.25, 0.3) is 5.69 Å². The van der Waals surface area contributed by atoms with E-state index < -0.39 is 11.6 Å². The van der Waals surface area contributed by atoms with Gasteiger partial charge in [-0.05, 0) is 46.7 Å². The third-order valence-corrected chi connectivity index (χ3v) is 5.78. The van der Waals surface area contributed by atoms with Crippen molar-refractivity contribution >= 4 is 0 Å². The quantitative estimate of drug-likeness (QED) is 0.476. The number of para-hydroxylation sites is 1. The number of halogens is 2. The molecule has 2 aromatic carbocycles. The Balaban J connectivity index is 1.61. The fraction of sp³-hybridized carbons (Fsp3) is 0.304. The lowest BCUT2D eigenvalue weighted by Gasteiger charge is -2.35. The van der Waals surface area contributed by atoms with E-state index in [1.54, 1.807) is 4.68 Å². The van der Waals surface area contributed by atoms with Gasteiger partial charge in [0.25, 0.3) is 0 Å². The van der Waals surface area contributed by atoms with Crippen LogP contribution in [0.1, 0.15) is 48.5 Å². The van der Waals surface area contributed by atoms with Crippen LogP contribution >= 0.6 is 0 Å². The minimum Gasteiger partial charge on any atom is -0.283 e.